The first-order chi connectivity index (χ1) is 13.2. The molecule has 3 N–H and O–H groups in total. The van der Waals surface area contributed by atoms with Crippen LogP contribution in [0.25, 0.3) is 10.2 Å². The lowest BCUT2D eigenvalue weighted by Gasteiger charge is -2.12. The molecule has 2 aliphatic carbocycles. The Bertz CT molecular complexity index is 1020. The van der Waals surface area contributed by atoms with Crippen LogP contribution in [0.4, 0.5) is 11.6 Å². The second-order valence-electron chi connectivity index (χ2n) is 7.44. The maximum Gasteiger partial charge on any atom is 0.302 e. The quantitative estimate of drug-likeness (QED) is 0.675. The molecule has 0 unspecified atom stereocenters. The molecule has 3 heterocycles. The van der Waals surface area contributed by atoms with Gasteiger partial charge in [-0.2, -0.15) is 0 Å². The van der Waals surface area contributed by atoms with E-state index in [1.165, 1.54) is 42.6 Å². The number of hydrogen-bond acceptors (Lipinski definition) is 6. The molecule has 27 heavy (non-hydrogen) atoms. The molecular formula is C19H22N5O2S+. The molecule has 0 aromatic carbocycles. The van der Waals surface area contributed by atoms with Gasteiger partial charge in [0.2, 0.25) is 5.27 Å². The van der Waals surface area contributed by atoms with Crippen molar-refractivity contribution < 1.29 is 14.0 Å². The number of nitrogens with zero attached hydrogens (tertiary/aromatic N) is 3. The molecule has 2 aliphatic rings. The Morgan fingerprint density at radius 2 is 2.07 bits per heavy atom. The lowest BCUT2D eigenvalue weighted by molar-refractivity contribution is -0.765. The Hall–Kier alpha value is -2.48. The van der Waals surface area contributed by atoms with Crippen LogP contribution in [0.2, 0.25) is 0 Å². The van der Waals surface area contributed by atoms with Crippen molar-refractivity contribution in [1.82, 2.24) is 10.3 Å². The molecule has 1 amide bonds. The monoisotopic (exact) mass is 384 g/mol. The minimum Gasteiger partial charge on any atom is -0.397 e. The summed E-state index contributed by atoms with van der Waals surface area (Å²) in [4.78, 5) is 18.9. The van der Waals surface area contributed by atoms with Crippen molar-refractivity contribution in [2.45, 2.75) is 57.4 Å². The van der Waals surface area contributed by atoms with Crippen LogP contribution in [0.1, 0.15) is 65.5 Å². The lowest BCUT2D eigenvalue weighted by atomic mass is 9.96. The molecule has 1 fully saturated rings. The molecule has 1 saturated carbocycles. The standard InChI is InChI=1S/C19H21N5O2S/c20-16-13-9-11-5-3-1-2-4-6-14(11)21-19(13)27-17(16)18(25)22-15-10-24(23-26-15)12-7-8-12/h9-10,12H,1-8H2,(H2-,20,22,23,25)/p+1. The van der Waals surface area contributed by atoms with Gasteiger partial charge in [-0.15, -0.1) is 11.3 Å². The van der Waals surface area contributed by atoms with Crippen molar-refractivity contribution in [3.8, 4) is 0 Å². The number of nitrogens with one attached hydrogen (secondary N) is 1. The summed E-state index contributed by atoms with van der Waals surface area (Å²) in [5.74, 6) is 0.0611. The van der Waals surface area contributed by atoms with E-state index < -0.39 is 0 Å². The first kappa shape index (κ1) is 16.7. The van der Waals surface area contributed by atoms with Gasteiger partial charge in [-0.3, -0.25) is 14.6 Å². The van der Waals surface area contributed by atoms with Crippen LogP contribution in [0.5, 0.6) is 0 Å². The number of carbonyl (C=O) groups is 1. The zero-order valence-corrected chi connectivity index (χ0v) is 15.8. The summed E-state index contributed by atoms with van der Waals surface area (Å²) in [5.41, 5.74) is 9.26. The molecule has 3 aromatic heterocycles. The molecule has 7 nitrogen and oxygen atoms in total. The summed E-state index contributed by atoms with van der Waals surface area (Å²) < 4.78 is 6.97. The topological polar surface area (TPSA) is 97.9 Å². The van der Waals surface area contributed by atoms with E-state index in [0.29, 0.717) is 22.5 Å². The van der Waals surface area contributed by atoms with Crippen LogP contribution in [0.3, 0.4) is 0 Å². The molecule has 0 bridgehead atoms. The smallest absolute Gasteiger partial charge is 0.302 e. The lowest BCUT2D eigenvalue weighted by Crippen LogP contribution is -2.32. The number of rotatable bonds is 3. The normalized spacial score (nSPS) is 17.3. The van der Waals surface area contributed by atoms with Crippen molar-refractivity contribution in [3.05, 3.63) is 28.4 Å². The van der Waals surface area contributed by atoms with E-state index in [-0.39, 0.29) is 5.91 Å². The van der Waals surface area contributed by atoms with E-state index in [1.807, 2.05) is 0 Å². The number of aromatic nitrogens is 3. The molecule has 0 saturated heterocycles. The molecule has 140 valence electrons. The summed E-state index contributed by atoms with van der Waals surface area (Å²) in [6.07, 6.45) is 10.9. The Balaban J connectivity index is 1.45. The zero-order valence-electron chi connectivity index (χ0n) is 15.0. The van der Waals surface area contributed by atoms with Crippen LogP contribution < -0.4 is 15.7 Å². The predicted molar refractivity (Wildman–Crippen MR) is 103 cm³/mol. The average Bonchev–Trinajstić information content (AvgIpc) is 3.31. The van der Waals surface area contributed by atoms with Crippen molar-refractivity contribution in [1.29, 1.82) is 0 Å². The highest BCUT2D eigenvalue weighted by molar-refractivity contribution is 7.21. The predicted octanol–water partition coefficient (Wildman–Crippen LogP) is 3.40. The fraction of sp³-hybridized carbons (Fsp3) is 0.474. The highest BCUT2D eigenvalue weighted by Crippen LogP contribution is 2.35. The van der Waals surface area contributed by atoms with Crippen LogP contribution in [-0.4, -0.2) is 16.2 Å². The molecular weight excluding hydrogens is 362 g/mol. The third kappa shape index (κ3) is 3.18. The van der Waals surface area contributed by atoms with Gasteiger partial charge in [-0.05, 0) is 42.0 Å². The van der Waals surface area contributed by atoms with Gasteiger partial charge < -0.3 is 5.73 Å². The summed E-state index contributed by atoms with van der Waals surface area (Å²) in [7, 11) is 0. The van der Waals surface area contributed by atoms with E-state index in [4.69, 9.17) is 15.2 Å². The highest BCUT2D eigenvalue weighted by atomic mass is 32.1. The van der Waals surface area contributed by atoms with Crippen molar-refractivity contribution in [2.24, 2.45) is 0 Å². The maximum absolute atomic E-state index is 12.7. The van der Waals surface area contributed by atoms with Crippen LogP contribution in [-0.2, 0) is 12.8 Å². The van der Waals surface area contributed by atoms with Crippen molar-refractivity contribution >= 4 is 39.0 Å². The fourth-order valence-corrected chi connectivity index (χ4v) is 4.67. The van der Waals surface area contributed by atoms with Gasteiger partial charge in [0.25, 0.3) is 12.1 Å². The Morgan fingerprint density at radius 3 is 2.89 bits per heavy atom. The molecule has 3 aromatic rings. The summed E-state index contributed by atoms with van der Waals surface area (Å²) in [6.45, 7) is 0. The third-order valence-corrected chi connectivity index (χ3v) is 6.46. The Morgan fingerprint density at radius 1 is 1.26 bits per heavy atom. The van der Waals surface area contributed by atoms with Gasteiger partial charge in [-0.25, -0.2) is 4.98 Å². The Kier molecular flexibility index (Phi) is 4.07. The SMILES string of the molecule is Nc1c(C(=O)Nc2c[n+](C3CC3)no2)sc2nc3c(cc12)CCCCCC3. The fourth-order valence-electron chi connectivity index (χ4n) is 3.67. The molecule has 8 heteroatoms. The molecule has 0 radical (unpaired) electrons. The maximum atomic E-state index is 12.7. The number of nitrogen functional groups attached to an aromatic ring is 1. The number of aryl methyl sites for hydroxylation is 2. The van der Waals surface area contributed by atoms with Gasteiger partial charge in [0.15, 0.2) is 6.04 Å². The number of carbonyl (C=O) groups excluding carboxylic acids is 1. The van der Waals surface area contributed by atoms with E-state index >= 15 is 0 Å². The van der Waals surface area contributed by atoms with Gasteiger partial charge in [0.1, 0.15) is 9.71 Å². The van der Waals surface area contributed by atoms with Crippen LogP contribution in [0, 0.1) is 0 Å². The number of pyridine rings is 1. The average molecular weight is 384 g/mol. The molecule has 5 rings (SSSR count). The van der Waals surface area contributed by atoms with E-state index in [2.05, 4.69) is 16.7 Å². The second-order valence-corrected chi connectivity index (χ2v) is 8.44. The first-order valence-corrected chi connectivity index (χ1v) is 10.4. The number of nitrogens with two attached hydrogens (primary N) is 1. The minimum atomic E-state index is -0.276. The summed E-state index contributed by atoms with van der Waals surface area (Å²) >= 11 is 1.34. The van der Waals surface area contributed by atoms with Crippen LogP contribution in [0.15, 0.2) is 16.8 Å². The van der Waals surface area contributed by atoms with Gasteiger partial charge >= 0.3 is 5.88 Å². The first-order valence-electron chi connectivity index (χ1n) is 9.59. The van der Waals surface area contributed by atoms with E-state index in [0.717, 1.165) is 41.6 Å². The highest BCUT2D eigenvalue weighted by Gasteiger charge is 2.36. The molecule has 0 atom stereocenters. The molecule has 0 aliphatic heterocycles. The van der Waals surface area contributed by atoms with Crippen LogP contribution >= 0.6 is 11.3 Å². The minimum absolute atomic E-state index is 0.276. The van der Waals surface area contributed by atoms with E-state index in [9.17, 15) is 4.79 Å². The second kappa shape index (κ2) is 6.60. The van der Waals surface area contributed by atoms with Crippen molar-refractivity contribution in [2.75, 3.05) is 11.1 Å². The summed E-state index contributed by atoms with van der Waals surface area (Å²) in [6, 6.07) is 2.54. The van der Waals surface area contributed by atoms with Crippen molar-refractivity contribution in [3.63, 3.8) is 0 Å². The van der Waals surface area contributed by atoms with Gasteiger partial charge in [-0.1, -0.05) is 12.8 Å². The number of fused-ring (bicyclic) bond motifs is 2. The molecule has 0 spiro atoms. The Labute approximate surface area is 160 Å². The van der Waals surface area contributed by atoms with E-state index in [1.54, 1.807) is 10.9 Å². The van der Waals surface area contributed by atoms with Gasteiger partial charge in [0, 0.05) is 23.9 Å². The number of anilines is 2. The number of amides is 1. The van der Waals surface area contributed by atoms with Gasteiger partial charge in [0.05, 0.1) is 5.69 Å². The summed E-state index contributed by atoms with van der Waals surface area (Å²) in [5, 5.41) is 7.60. The number of hydrogen-bond donors (Lipinski definition) is 2. The number of thiophene rings is 1. The zero-order chi connectivity index (χ0) is 18.4. The third-order valence-electron chi connectivity index (χ3n) is 5.35. The largest absolute Gasteiger partial charge is 0.397 e.